The molecule has 0 spiro atoms. The molecule has 29 heavy (non-hydrogen) atoms. The van der Waals surface area contributed by atoms with Crippen LogP contribution in [0.25, 0.3) is 10.9 Å². The van der Waals surface area contributed by atoms with Crippen molar-refractivity contribution in [3.63, 3.8) is 0 Å². The van der Waals surface area contributed by atoms with Crippen LogP contribution in [0, 0.1) is 5.82 Å². The molecule has 1 fully saturated rings. The molecule has 2 aromatic carbocycles. The number of nitrogens with zero attached hydrogens (tertiary/aromatic N) is 2. The molecule has 0 bridgehead atoms. The predicted octanol–water partition coefficient (Wildman–Crippen LogP) is 3.42. The lowest BCUT2D eigenvalue weighted by Gasteiger charge is -2.32. The average molecular weight is 391 g/mol. The van der Waals surface area contributed by atoms with E-state index in [1.54, 1.807) is 12.1 Å². The summed E-state index contributed by atoms with van der Waals surface area (Å²) in [6.45, 7) is 1.19. The lowest BCUT2D eigenvalue weighted by Crippen LogP contribution is -2.39. The van der Waals surface area contributed by atoms with Gasteiger partial charge >= 0.3 is 0 Å². The number of fused-ring (bicyclic) bond motifs is 1. The van der Waals surface area contributed by atoms with Crippen LogP contribution in [-0.2, 0) is 11.2 Å². The quantitative estimate of drug-likeness (QED) is 0.740. The fourth-order valence-electron chi connectivity index (χ4n) is 3.93. The number of para-hydroxylation sites is 1. The zero-order valence-corrected chi connectivity index (χ0v) is 16.0. The summed E-state index contributed by atoms with van der Waals surface area (Å²) in [5.41, 5.74) is 8.43. The van der Waals surface area contributed by atoms with Gasteiger partial charge in [0.15, 0.2) is 0 Å². The van der Waals surface area contributed by atoms with Gasteiger partial charge in [0.05, 0.1) is 23.2 Å². The third-order valence-corrected chi connectivity index (χ3v) is 5.52. The number of aromatic nitrogens is 1. The van der Waals surface area contributed by atoms with Crippen molar-refractivity contribution in [2.45, 2.75) is 25.2 Å². The van der Waals surface area contributed by atoms with Gasteiger partial charge in [0, 0.05) is 24.4 Å². The summed E-state index contributed by atoms with van der Waals surface area (Å²) in [6.07, 6.45) is 1.70. The molecule has 2 heterocycles. The monoisotopic (exact) mass is 391 g/mol. The Labute approximate surface area is 168 Å². The highest BCUT2D eigenvalue weighted by Crippen LogP contribution is 2.31. The van der Waals surface area contributed by atoms with E-state index in [0.717, 1.165) is 35.0 Å². The number of primary amides is 1. The lowest BCUT2D eigenvalue weighted by atomic mass is 9.89. The van der Waals surface area contributed by atoms with Gasteiger partial charge in [-0.15, -0.1) is 0 Å². The normalized spacial score (nSPS) is 14.9. The highest BCUT2D eigenvalue weighted by Gasteiger charge is 2.27. The van der Waals surface area contributed by atoms with Crippen LogP contribution < -0.4 is 5.73 Å². The number of amides is 2. The molecule has 5 nitrogen and oxygen atoms in total. The van der Waals surface area contributed by atoms with Crippen molar-refractivity contribution in [2.24, 2.45) is 5.73 Å². The van der Waals surface area contributed by atoms with Gasteiger partial charge in [-0.25, -0.2) is 4.39 Å². The summed E-state index contributed by atoms with van der Waals surface area (Å²) in [4.78, 5) is 31.1. The van der Waals surface area contributed by atoms with E-state index < -0.39 is 5.91 Å². The maximum Gasteiger partial charge on any atom is 0.250 e. The predicted molar refractivity (Wildman–Crippen MR) is 109 cm³/mol. The standard InChI is InChI=1S/C23H22FN3O2/c24-18-7-5-15(6-8-18)13-21(28)27-11-9-16(10-12-27)22-19(23(25)29)14-17-3-1-2-4-20(17)26-22/h1-8,14,16H,9-13H2,(H2,25,29). The molecule has 0 aliphatic carbocycles. The molecule has 1 aromatic heterocycles. The molecule has 3 aromatic rings. The van der Waals surface area contributed by atoms with Gasteiger partial charge in [-0.05, 0) is 42.7 Å². The number of carbonyl (C=O) groups is 2. The largest absolute Gasteiger partial charge is 0.366 e. The van der Waals surface area contributed by atoms with Crippen molar-refractivity contribution in [2.75, 3.05) is 13.1 Å². The van der Waals surface area contributed by atoms with Crippen LogP contribution in [0.15, 0.2) is 54.6 Å². The number of pyridine rings is 1. The molecule has 1 saturated heterocycles. The van der Waals surface area contributed by atoms with E-state index in [-0.39, 0.29) is 24.1 Å². The number of carbonyl (C=O) groups excluding carboxylic acids is 2. The molecule has 1 aliphatic rings. The molecule has 2 N–H and O–H groups in total. The Morgan fingerprint density at radius 2 is 1.76 bits per heavy atom. The fourth-order valence-corrected chi connectivity index (χ4v) is 3.93. The lowest BCUT2D eigenvalue weighted by molar-refractivity contribution is -0.131. The third kappa shape index (κ3) is 4.11. The van der Waals surface area contributed by atoms with Crippen molar-refractivity contribution in [3.8, 4) is 0 Å². The number of likely N-dealkylation sites (tertiary alicyclic amines) is 1. The van der Waals surface area contributed by atoms with Gasteiger partial charge in [0.1, 0.15) is 5.82 Å². The van der Waals surface area contributed by atoms with E-state index in [0.29, 0.717) is 18.7 Å². The van der Waals surface area contributed by atoms with E-state index in [1.807, 2.05) is 35.2 Å². The summed E-state index contributed by atoms with van der Waals surface area (Å²) in [5, 5.41) is 0.886. The first-order valence-electron chi connectivity index (χ1n) is 9.73. The first-order valence-corrected chi connectivity index (χ1v) is 9.73. The average Bonchev–Trinajstić information content (AvgIpc) is 2.74. The van der Waals surface area contributed by atoms with Gasteiger partial charge in [-0.2, -0.15) is 0 Å². The fraction of sp³-hybridized carbons (Fsp3) is 0.261. The number of hydrogen-bond acceptors (Lipinski definition) is 3. The molecule has 0 atom stereocenters. The second-order valence-electron chi connectivity index (χ2n) is 7.44. The van der Waals surface area contributed by atoms with Crippen LogP contribution in [0.1, 0.15) is 40.4 Å². The number of halogens is 1. The van der Waals surface area contributed by atoms with Crippen molar-refractivity contribution >= 4 is 22.7 Å². The highest BCUT2D eigenvalue weighted by molar-refractivity contribution is 5.97. The Balaban J connectivity index is 1.48. The molecule has 6 heteroatoms. The van der Waals surface area contributed by atoms with Crippen LogP contribution in [0.3, 0.4) is 0 Å². The first-order chi connectivity index (χ1) is 14.0. The number of nitrogens with two attached hydrogens (primary N) is 1. The van der Waals surface area contributed by atoms with E-state index in [4.69, 9.17) is 10.7 Å². The maximum atomic E-state index is 13.0. The molecule has 0 unspecified atom stereocenters. The minimum Gasteiger partial charge on any atom is -0.366 e. The second kappa shape index (κ2) is 7.99. The highest BCUT2D eigenvalue weighted by atomic mass is 19.1. The summed E-state index contributed by atoms with van der Waals surface area (Å²) in [7, 11) is 0. The Morgan fingerprint density at radius 1 is 1.07 bits per heavy atom. The topological polar surface area (TPSA) is 76.3 Å². The summed E-state index contributed by atoms with van der Waals surface area (Å²) >= 11 is 0. The van der Waals surface area contributed by atoms with Crippen LogP contribution >= 0.6 is 0 Å². The van der Waals surface area contributed by atoms with Gasteiger partial charge in [-0.1, -0.05) is 30.3 Å². The second-order valence-corrected chi connectivity index (χ2v) is 7.44. The smallest absolute Gasteiger partial charge is 0.250 e. The van der Waals surface area contributed by atoms with E-state index in [9.17, 15) is 14.0 Å². The Kier molecular flexibility index (Phi) is 5.25. The van der Waals surface area contributed by atoms with Gasteiger partial charge < -0.3 is 10.6 Å². The molecule has 148 valence electrons. The maximum absolute atomic E-state index is 13.0. The summed E-state index contributed by atoms with van der Waals surface area (Å²) < 4.78 is 13.0. The minimum atomic E-state index is -0.479. The van der Waals surface area contributed by atoms with Crippen molar-refractivity contribution in [1.82, 2.24) is 9.88 Å². The van der Waals surface area contributed by atoms with Crippen molar-refractivity contribution in [1.29, 1.82) is 0 Å². The van der Waals surface area contributed by atoms with Crippen LogP contribution in [0.4, 0.5) is 4.39 Å². The number of hydrogen-bond donors (Lipinski definition) is 1. The van der Waals surface area contributed by atoms with E-state index in [1.165, 1.54) is 12.1 Å². The van der Waals surface area contributed by atoms with E-state index in [2.05, 4.69) is 0 Å². The molecule has 0 radical (unpaired) electrons. The van der Waals surface area contributed by atoms with E-state index >= 15 is 0 Å². The number of rotatable bonds is 4. The molecule has 2 amide bonds. The minimum absolute atomic E-state index is 0.0247. The Morgan fingerprint density at radius 3 is 2.45 bits per heavy atom. The summed E-state index contributed by atoms with van der Waals surface area (Å²) in [5.74, 6) is -0.683. The zero-order valence-electron chi connectivity index (χ0n) is 16.0. The first kappa shape index (κ1) is 19.1. The number of benzene rings is 2. The Bertz CT molecular complexity index is 1060. The van der Waals surface area contributed by atoms with Crippen molar-refractivity contribution < 1.29 is 14.0 Å². The SMILES string of the molecule is NC(=O)c1cc2ccccc2nc1C1CCN(C(=O)Cc2ccc(F)cc2)CC1. The molecule has 1 aliphatic heterocycles. The van der Waals surface area contributed by atoms with Gasteiger partial charge in [-0.3, -0.25) is 14.6 Å². The van der Waals surface area contributed by atoms with Gasteiger partial charge in [0.2, 0.25) is 5.91 Å². The van der Waals surface area contributed by atoms with Crippen LogP contribution in [0.2, 0.25) is 0 Å². The molecular formula is C23H22FN3O2. The summed E-state index contributed by atoms with van der Waals surface area (Å²) in [6, 6.07) is 15.5. The van der Waals surface area contributed by atoms with Crippen LogP contribution in [0.5, 0.6) is 0 Å². The molecule has 0 saturated carbocycles. The molecule has 4 rings (SSSR count). The molecular weight excluding hydrogens is 369 g/mol. The van der Waals surface area contributed by atoms with Crippen LogP contribution in [-0.4, -0.2) is 34.8 Å². The number of piperidine rings is 1. The van der Waals surface area contributed by atoms with Gasteiger partial charge in [0.25, 0.3) is 5.91 Å². The zero-order chi connectivity index (χ0) is 20.4. The third-order valence-electron chi connectivity index (χ3n) is 5.52. The Hall–Kier alpha value is -3.28. The van der Waals surface area contributed by atoms with Crippen molar-refractivity contribution in [3.05, 3.63) is 77.2 Å².